The second kappa shape index (κ2) is 6.55. The molecule has 0 saturated heterocycles. The molecule has 0 saturated carbocycles. The van der Waals surface area contributed by atoms with Crippen LogP contribution >= 0.6 is 11.8 Å². The predicted octanol–water partition coefficient (Wildman–Crippen LogP) is 4.38. The molecule has 0 bridgehead atoms. The zero-order chi connectivity index (χ0) is 16.2. The first kappa shape index (κ1) is 15.1. The van der Waals surface area contributed by atoms with Crippen LogP contribution in [0.5, 0.6) is 0 Å². The summed E-state index contributed by atoms with van der Waals surface area (Å²) in [5.74, 6) is 1.48. The Kier molecular flexibility index (Phi) is 4.31. The molecular weight excluding hydrogens is 308 g/mol. The molecule has 5 nitrogen and oxygen atoms in total. The van der Waals surface area contributed by atoms with E-state index >= 15 is 0 Å². The van der Waals surface area contributed by atoms with Crippen molar-refractivity contribution in [1.82, 2.24) is 10.1 Å². The average Bonchev–Trinajstić information content (AvgIpc) is 2.96. The first-order chi connectivity index (χ1) is 11.2. The largest absolute Gasteiger partial charge is 0.360 e. The van der Waals surface area contributed by atoms with Crippen molar-refractivity contribution in [2.75, 3.05) is 11.6 Å². The number of hydrogen-bond donors (Lipinski definition) is 1. The fraction of sp³-hybridized carbons (Fsp3) is 0.118. The second-order valence-corrected chi connectivity index (χ2v) is 5.67. The zero-order valence-electron chi connectivity index (χ0n) is 12.7. The Hall–Kier alpha value is -2.78. The summed E-state index contributed by atoms with van der Waals surface area (Å²) in [6, 6.07) is 13.3. The van der Waals surface area contributed by atoms with Crippen LogP contribution in [0.2, 0.25) is 0 Å². The molecule has 0 aliphatic carbocycles. The lowest BCUT2D eigenvalue weighted by Gasteiger charge is -2.08. The monoisotopic (exact) mass is 322 g/mol. The van der Waals surface area contributed by atoms with Gasteiger partial charge in [-0.05, 0) is 49.1 Å². The molecule has 1 aromatic carbocycles. The lowest BCUT2D eigenvalue weighted by atomic mass is 10.1. The molecule has 0 spiro atoms. The van der Waals surface area contributed by atoms with Gasteiger partial charge >= 0.3 is 0 Å². The minimum atomic E-state index is 0.603. The van der Waals surface area contributed by atoms with E-state index in [-0.39, 0.29) is 0 Å². The summed E-state index contributed by atoms with van der Waals surface area (Å²) >= 11 is 1.54. The number of thioether (sulfide) groups is 1. The highest BCUT2D eigenvalue weighted by molar-refractivity contribution is 7.98. The number of hydrogen-bond acceptors (Lipinski definition) is 6. The van der Waals surface area contributed by atoms with Crippen LogP contribution in [0.3, 0.4) is 0 Å². The quantitative estimate of drug-likeness (QED) is 0.718. The molecule has 1 N–H and O–H groups in total. The average molecular weight is 322 g/mol. The van der Waals surface area contributed by atoms with E-state index in [1.165, 1.54) is 0 Å². The van der Waals surface area contributed by atoms with Crippen molar-refractivity contribution in [1.29, 1.82) is 5.26 Å². The maximum atomic E-state index is 8.97. The van der Waals surface area contributed by atoms with Gasteiger partial charge in [0.2, 0.25) is 0 Å². The second-order valence-electron chi connectivity index (χ2n) is 4.87. The molecule has 2 heterocycles. The van der Waals surface area contributed by atoms with Gasteiger partial charge in [0, 0.05) is 11.9 Å². The van der Waals surface area contributed by atoms with Crippen LogP contribution in [0.4, 0.5) is 11.5 Å². The van der Waals surface area contributed by atoms with E-state index in [2.05, 4.69) is 21.5 Å². The molecule has 23 heavy (non-hydrogen) atoms. The molecular formula is C17H14N4OS. The molecule has 3 aromatic rings. The minimum Gasteiger partial charge on any atom is -0.360 e. The van der Waals surface area contributed by atoms with Gasteiger partial charge in [-0.1, -0.05) is 11.2 Å². The van der Waals surface area contributed by atoms with Crippen LogP contribution < -0.4 is 5.32 Å². The van der Waals surface area contributed by atoms with E-state index in [0.29, 0.717) is 11.4 Å². The molecule has 0 unspecified atom stereocenters. The third-order valence-corrected chi connectivity index (χ3v) is 4.00. The van der Waals surface area contributed by atoms with Crippen molar-refractivity contribution >= 4 is 23.3 Å². The highest BCUT2D eigenvalue weighted by atomic mass is 32.2. The molecule has 0 aliphatic rings. The number of nitriles is 1. The zero-order valence-corrected chi connectivity index (χ0v) is 13.5. The Morgan fingerprint density at radius 1 is 1.26 bits per heavy atom. The summed E-state index contributed by atoms with van der Waals surface area (Å²) in [4.78, 5) is 4.33. The maximum Gasteiger partial charge on any atom is 0.147 e. The molecule has 6 heteroatoms. The number of nitrogens with one attached hydrogen (secondary N) is 1. The van der Waals surface area contributed by atoms with Gasteiger partial charge in [0.25, 0.3) is 0 Å². The van der Waals surface area contributed by atoms with E-state index in [0.717, 1.165) is 27.6 Å². The minimum absolute atomic E-state index is 0.603. The number of aromatic nitrogens is 2. The first-order valence-electron chi connectivity index (χ1n) is 6.95. The summed E-state index contributed by atoms with van der Waals surface area (Å²) in [5.41, 5.74) is 3.39. The van der Waals surface area contributed by atoms with Crippen LogP contribution in [0.1, 0.15) is 11.3 Å². The van der Waals surface area contributed by atoms with E-state index < -0.39 is 0 Å². The van der Waals surface area contributed by atoms with Crippen LogP contribution in [-0.2, 0) is 0 Å². The van der Waals surface area contributed by atoms with Gasteiger partial charge in [0.1, 0.15) is 16.6 Å². The first-order valence-corrected chi connectivity index (χ1v) is 8.17. The van der Waals surface area contributed by atoms with Gasteiger partial charge in [0.05, 0.1) is 17.2 Å². The van der Waals surface area contributed by atoms with Gasteiger partial charge in [-0.15, -0.1) is 11.8 Å². The standard InChI is InChI=1S/C17H14N4OS/c1-11-16(17(23-2)21-22-11)13-6-7-19-15(9-13)20-14-5-3-4-12(8-14)10-18/h3-9H,1-2H3,(H,19,20). The fourth-order valence-electron chi connectivity index (χ4n) is 2.29. The number of anilines is 2. The lowest BCUT2D eigenvalue weighted by molar-refractivity contribution is 0.384. The van der Waals surface area contributed by atoms with E-state index in [9.17, 15) is 0 Å². The number of pyridine rings is 1. The van der Waals surface area contributed by atoms with Crippen molar-refractivity contribution in [3.8, 4) is 17.2 Å². The van der Waals surface area contributed by atoms with Gasteiger partial charge in [-0.25, -0.2) is 4.98 Å². The third kappa shape index (κ3) is 3.20. The van der Waals surface area contributed by atoms with Crippen molar-refractivity contribution in [3.05, 3.63) is 53.9 Å². The number of rotatable bonds is 4. The Balaban J connectivity index is 1.94. The van der Waals surface area contributed by atoms with E-state index in [4.69, 9.17) is 9.78 Å². The third-order valence-electron chi connectivity index (χ3n) is 3.34. The molecule has 0 fully saturated rings. The summed E-state index contributed by atoms with van der Waals surface area (Å²) < 4.78 is 5.28. The van der Waals surface area contributed by atoms with Crippen molar-refractivity contribution in [3.63, 3.8) is 0 Å². The lowest BCUT2D eigenvalue weighted by Crippen LogP contribution is -1.94. The summed E-state index contributed by atoms with van der Waals surface area (Å²) in [5, 5.41) is 17.1. The fourth-order valence-corrected chi connectivity index (χ4v) is 2.86. The molecule has 114 valence electrons. The number of benzene rings is 1. The van der Waals surface area contributed by atoms with Gasteiger partial charge in [-0.2, -0.15) is 5.26 Å². The molecule has 0 amide bonds. The van der Waals surface area contributed by atoms with Crippen LogP contribution in [0.25, 0.3) is 11.1 Å². The number of nitrogens with zero attached hydrogens (tertiary/aromatic N) is 3. The van der Waals surface area contributed by atoms with Crippen molar-refractivity contribution < 1.29 is 4.52 Å². The molecule has 2 aromatic heterocycles. The highest BCUT2D eigenvalue weighted by Gasteiger charge is 2.14. The molecule has 3 rings (SSSR count). The van der Waals surface area contributed by atoms with Crippen LogP contribution in [-0.4, -0.2) is 16.4 Å². The van der Waals surface area contributed by atoms with Crippen molar-refractivity contribution in [2.45, 2.75) is 11.9 Å². The predicted molar refractivity (Wildman–Crippen MR) is 90.7 cm³/mol. The normalized spacial score (nSPS) is 10.3. The maximum absolute atomic E-state index is 8.97. The van der Waals surface area contributed by atoms with Crippen LogP contribution in [0, 0.1) is 18.3 Å². The van der Waals surface area contributed by atoms with Crippen molar-refractivity contribution in [2.24, 2.45) is 0 Å². The summed E-state index contributed by atoms with van der Waals surface area (Å²) in [6.45, 7) is 1.89. The van der Waals surface area contributed by atoms with Crippen LogP contribution in [0.15, 0.2) is 52.1 Å². The Labute approximate surface area is 138 Å². The summed E-state index contributed by atoms with van der Waals surface area (Å²) in [7, 11) is 0. The topological polar surface area (TPSA) is 74.7 Å². The molecule has 0 atom stereocenters. The number of aryl methyl sites for hydroxylation is 1. The molecule has 0 aliphatic heterocycles. The smallest absolute Gasteiger partial charge is 0.147 e. The Bertz CT molecular complexity index is 882. The Morgan fingerprint density at radius 2 is 2.13 bits per heavy atom. The van der Waals surface area contributed by atoms with Gasteiger partial charge in [-0.3, -0.25) is 0 Å². The Morgan fingerprint density at radius 3 is 2.91 bits per heavy atom. The molecule has 0 radical (unpaired) electrons. The summed E-state index contributed by atoms with van der Waals surface area (Å²) in [6.07, 6.45) is 3.71. The van der Waals surface area contributed by atoms with Gasteiger partial charge in [0.15, 0.2) is 0 Å². The highest BCUT2D eigenvalue weighted by Crippen LogP contribution is 2.33. The SMILES string of the molecule is CSc1noc(C)c1-c1ccnc(Nc2cccc(C#N)c2)c1. The van der Waals surface area contributed by atoms with E-state index in [1.54, 1.807) is 30.1 Å². The van der Waals surface area contributed by atoms with Gasteiger partial charge < -0.3 is 9.84 Å². The van der Waals surface area contributed by atoms with E-state index in [1.807, 2.05) is 37.4 Å².